The Kier molecular flexibility index (Phi) is 2.25. The summed E-state index contributed by atoms with van der Waals surface area (Å²) in [4.78, 5) is 4.04. The molecule has 0 spiro atoms. The lowest BCUT2D eigenvalue weighted by Crippen LogP contribution is -1.90. The Labute approximate surface area is 74.0 Å². The van der Waals surface area contributed by atoms with Crippen LogP contribution in [0.4, 0.5) is 0 Å². The van der Waals surface area contributed by atoms with E-state index in [1.807, 2.05) is 13.8 Å². The molecule has 0 bridgehead atoms. The molecule has 0 amide bonds. The Balaban J connectivity index is 3.40. The average molecular weight is 211 g/mol. The van der Waals surface area contributed by atoms with Gasteiger partial charge in [-0.15, -0.1) is 0 Å². The molecule has 1 aromatic rings. The zero-order valence-electron chi connectivity index (χ0n) is 6.35. The lowest BCUT2D eigenvalue weighted by Gasteiger charge is -2.01. The van der Waals surface area contributed by atoms with Crippen LogP contribution < -0.4 is 0 Å². The van der Waals surface area contributed by atoms with Gasteiger partial charge in [0.1, 0.15) is 6.07 Å². The van der Waals surface area contributed by atoms with Crippen LogP contribution in [0.15, 0.2) is 10.7 Å². The predicted molar refractivity (Wildman–Crippen MR) is 46.1 cm³/mol. The molecule has 0 fully saturated rings. The molecule has 1 heterocycles. The van der Waals surface area contributed by atoms with Gasteiger partial charge in [-0.1, -0.05) is 0 Å². The number of hydrogen-bond donors (Lipinski definition) is 0. The number of aryl methyl sites for hydroxylation is 1. The lowest BCUT2D eigenvalue weighted by atomic mass is 10.1. The van der Waals surface area contributed by atoms with Gasteiger partial charge in [-0.25, -0.2) is 0 Å². The largest absolute Gasteiger partial charge is 0.259 e. The fraction of sp³-hybridized carbons (Fsp3) is 0.250. The Morgan fingerprint density at radius 1 is 1.55 bits per heavy atom. The van der Waals surface area contributed by atoms with Gasteiger partial charge in [0.2, 0.25) is 0 Å². The maximum Gasteiger partial charge on any atom is 0.101 e. The van der Waals surface area contributed by atoms with Crippen LogP contribution in [0.2, 0.25) is 0 Å². The SMILES string of the molecule is Cc1ncc(C#N)c(C)c1Br. The third-order valence-corrected chi connectivity index (χ3v) is 2.73. The Morgan fingerprint density at radius 3 is 2.73 bits per heavy atom. The van der Waals surface area contributed by atoms with Gasteiger partial charge in [0.05, 0.1) is 11.3 Å². The van der Waals surface area contributed by atoms with Crippen LogP contribution in [0, 0.1) is 25.2 Å². The molecule has 0 unspecified atom stereocenters. The first-order valence-corrected chi connectivity index (χ1v) is 3.98. The quantitative estimate of drug-likeness (QED) is 0.660. The summed E-state index contributed by atoms with van der Waals surface area (Å²) in [7, 11) is 0. The Hall–Kier alpha value is -0.880. The second-order valence-electron chi connectivity index (χ2n) is 2.31. The fourth-order valence-corrected chi connectivity index (χ4v) is 1.13. The fourth-order valence-electron chi connectivity index (χ4n) is 0.817. The highest BCUT2D eigenvalue weighted by molar-refractivity contribution is 9.10. The van der Waals surface area contributed by atoms with Crippen molar-refractivity contribution in [2.24, 2.45) is 0 Å². The van der Waals surface area contributed by atoms with Crippen molar-refractivity contribution in [3.8, 4) is 6.07 Å². The zero-order chi connectivity index (χ0) is 8.43. The molecule has 0 saturated carbocycles. The second-order valence-corrected chi connectivity index (χ2v) is 3.10. The monoisotopic (exact) mass is 210 g/mol. The molecular weight excluding hydrogens is 204 g/mol. The summed E-state index contributed by atoms with van der Waals surface area (Å²) in [5, 5.41) is 8.62. The van der Waals surface area contributed by atoms with E-state index in [1.165, 1.54) is 0 Å². The molecule has 11 heavy (non-hydrogen) atoms. The highest BCUT2D eigenvalue weighted by atomic mass is 79.9. The molecule has 1 rings (SSSR count). The van der Waals surface area contributed by atoms with Crippen molar-refractivity contribution < 1.29 is 0 Å². The summed E-state index contributed by atoms with van der Waals surface area (Å²) < 4.78 is 0.927. The Morgan fingerprint density at radius 2 is 2.18 bits per heavy atom. The van der Waals surface area contributed by atoms with Crippen LogP contribution in [-0.2, 0) is 0 Å². The summed E-state index contributed by atoms with van der Waals surface area (Å²) in [5.74, 6) is 0. The number of nitrogens with zero attached hydrogens (tertiary/aromatic N) is 2. The number of nitriles is 1. The van der Waals surface area contributed by atoms with E-state index in [9.17, 15) is 0 Å². The normalized spacial score (nSPS) is 9.27. The number of pyridine rings is 1. The molecule has 1 aromatic heterocycles. The van der Waals surface area contributed by atoms with Crippen LogP contribution in [0.1, 0.15) is 16.8 Å². The van der Waals surface area contributed by atoms with Crippen molar-refractivity contribution >= 4 is 15.9 Å². The molecule has 0 radical (unpaired) electrons. The molecule has 0 aliphatic heterocycles. The van der Waals surface area contributed by atoms with Gasteiger partial charge >= 0.3 is 0 Å². The zero-order valence-corrected chi connectivity index (χ0v) is 7.94. The summed E-state index contributed by atoms with van der Waals surface area (Å²) in [6, 6.07) is 2.07. The molecule has 0 atom stereocenters. The van der Waals surface area contributed by atoms with Crippen molar-refractivity contribution in [1.29, 1.82) is 5.26 Å². The van der Waals surface area contributed by atoms with Gasteiger partial charge in [-0.2, -0.15) is 5.26 Å². The van der Waals surface area contributed by atoms with Crippen molar-refractivity contribution in [3.63, 3.8) is 0 Å². The molecule has 0 aliphatic carbocycles. The highest BCUT2D eigenvalue weighted by Crippen LogP contribution is 2.20. The highest BCUT2D eigenvalue weighted by Gasteiger charge is 2.04. The van der Waals surface area contributed by atoms with Crippen LogP contribution >= 0.6 is 15.9 Å². The van der Waals surface area contributed by atoms with Crippen molar-refractivity contribution in [2.75, 3.05) is 0 Å². The molecular formula is C8H7BrN2. The molecule has 0 aromatic carbocycles. The van der Waals surface area contributed by atoms with Crippen LogP contribution in [0.3, 0.4) is 0 Å². The van der Waals surface area contributed by atoms with E-state index in [-0.39, 0.29) is 0 Å². The van der Waals surface area contributed by atoms with Crippen LogP contribution in [-0.4, -0.2) is 4.98 Å². The van der Waals surface area contributed by atoms with Gasteiger partial charge in [-0.3, -0.25) is 4.98 Å². The van der Waals surface area contributed by atoms with Gasteiger partial charge in [0.25, 0.3) is 0 Å². The number of halogens is 1. The Bertz CT molecular complexity index is 326. The smallest absolute Gasteiger partial charge is 0.101 e. The van der Waals surface area contributed by atoms with Crippen molar-refractivity contribution in [3.05, 3.63) is 27.5 Å². The van der Waals surface area contributed by atoms with E-state index in [0.717, 1.165) is 15.7 Å². The third kappa shape index (κ3) is 1.41. The van der Waals surface area contributed by atoms with Gasteiger partial charge in [-0.05, 0) is 35.3 Å². The van der Waals surface area contributed by atoms with E-state index in [4.69, 9.17) is 5.26 Å². The van der Waals surface area contributed by atoms with Gasteiger partial charge in [0.15, 0.2) is 0 Å². The predicted octanol–water partition coefficient (Wildman–Crippen LogP) is 2.33. The number of hydrogen-bond acceptors (Lipinski definition) is 2. The maximum absolute atomic E-state index is 8.62. The minimum Gasteiger partial charge on any atom is -0.259 e. The van der Waals surface area contributed by atoms with Gasteiger partial charge < -0.3 is 0 Å². The van der Waals surface area contributed by atoms with Gasteiger partial charge in [0, 0.05) is 10.7 Å². The molecule has 0 N–H and O–H groups in total. The summed E-state index contributed by atoms with van der Waals surface area (Å²) in [5.41, 5.74) is 2.50. The van der Waals surface area contributed by atoms with E-state index in [0.29, 0.717) is 5.56 Å². The summed E-state index contributed by atoms with van der Waals surface area (Å²) in [6.45, 7) is 3.80. The van der Waals surface area contributed by atoms with Crippen molar-refractivity contribution in [1.82, 2.24) is 4.98 Å². The minimum atomic E-state index is 0.627. The average Bonchev–Trinajstić information content (AvgIpc) is 2.01. The van der Waals surface area contributed by atoms with E-state index in [2.05, 4.69) is 27.0 Å². The maximum atomic E-state index is 8.62. The third-order valence-electron chi connectivity index (χ3n) is 1.56. The molecule has 3 heteroatoms. The summed E-state index contributed by atoms with van der Waals surface area (Å²) >= 11 is 3.36. The van der Waals surface area contributed by atoms with E-state index in [1.54, 1.807) is 6.20 Å². The topological polar surface area (TPSA) is 36.7 Å². The minimum absolute atomic E-state index is 0.627. The molecule has 2 nitrogen and oxygen atoms in total. The van der Waals surface area contributed by atoms with Crippen LogP contribution in [0.5, 0.6) is 0 Å². The molecule has 56 valence electrons. The molecule has 0 saturated heterocycles. The molecule has 0 aliphatic rings. The first-order chi connectivity index (χ1) is 5.16. The lowest BCUT2D eigenvalue weighted by molar-refractivity contribution is 1.14. The van der Waals surface area contributed by atoms with E-state index >= 15 is 0 Å². The standard InChI is InChI=1S/C8H7BrN2/c1-5-7(3-10)4-11-6(2)8(5)9/h4H,1-2H3. The first kappa shape index (κ1) is 8.22. The van der Waals surface area contributed by atoms with Crippen LogP contribution in [0.25, 0.3) is 0 Å². The second kappa shape index (κ2) is 3.02. The number of aromatic nitrogens is 1. The summed E-state index contributed by atoms with van der Waals surface area (Å²) in [6.07, 6.45) is 1.59. The first-order valence-electron chi connectivity index (χ1n) is 3.18. The van der Waals surface area contributed by atoms with Crippen molar-refractivity contribution in [2.45, 2.75) is 13.8 Å². The number of rotatable bonds is 0. The van der Waals surface area contributed by atoms with E-state index < -0.39 is 0 Å².